The zero-order chi connectivity index (χ0) is 3.54. The fourth-order valence-corrected chi connectivity index (χ4v) is 0.833. The first-order valence-electron chi connectivity index (χ1n) is 1.58. The van der Waals surface area contributed by atoms with E-state index in [1.54, 1.807) is 0 Å². The summed E-state index contributed by atoms with van der Waals surface area (Å²) in [7, 11) is 0.948. The molecule has 0 spiro atoms. The molecule has 0 unspecified atom stereocenters. The third kappa shape index (κ3) is 1.77. The van der Waals surface area contributed by atoms with Crippen molar-refractivity contribution >= 4 is 8.19 Å². The summed E-state index contributed by atoms with van der Waals surface area (Å²) in [6, 6.07) is 4.14. The van der Waals surface area contributed by atoms with Crippen molar-refractivity contribution in [2.24, 2.45) is 0 Å². The minimum absolute atomic E-state index is 0. The van der Waals surface area contributed by atoms with E-state index in [0.29, 0.717) is 0 Å². The van der Waals surface area contributed by atoms with Crippen LogP contribution in [0, 0.1) is 0 Å². The Morgan fingerprint density at radius 1 is 1.00 bits per heavy atom. The fourth-order valence-electron chi connectivity index (χ4n) is 0.278. The Kier molecular flexibility index (Phi) is 3.87. The van der Waals surface area contributed by atoms with Crippen LogP contribution in [0.15, 0.2) is 23.7 Å². The Labute approximate surface area is 52.4 Å². The molecule has 0 atom stereocenters. The molecule has 2 heteroatoms. The molecular weight excluding hydrogens is 271 g/mol. The van der Waals surface area contributed by atoms with Crippen LogP contribution in [0.5, 0.6) is 0 Å². The van der Waals surface area contributed by atoms with Gasteiger partial charge in [0.1, 0.15) is 0 Å². The Morgan fingerprint density at radius 2 is 1.50 bits per heavy atom. The topological polar surface area (TPSA) is 0 Å². The van der Waals surface area contributed by atoms with E-state index in [2.05, 4.69) is 23.7 Å². The second kappa shape index (κ2) is 3.61. The first-order chi connectivity index (χ1) is 2.50. The minimum Gasteiger partial charge on any atom is -0.140 e. The summed E-state index contributed by atoms with van der Waals surface area (Å²) in [5.74, 6) is 4.31. The van der Waals surface area contributed by atoms with Crippen LogP contribution in [0.1, 0.15) is 0 Å². The SMILES string of the molecule is [Ir].c1cc[pH]c1. The largest absolute Gasteiger partial charge is 0.140 e. The van der Waals surface area contributed by atoms with Gasteiger partial charge in [-0.2, -0.15) is 0 Å². The molecule has 1 rings (SSSR count). The first-order valence-corrected chi connectivity index (χ1v) is 2.73. The molecule has 0 nitrogen and oxygen atoms in total. The van der Waals surface area contributed by atoms with E-state index in [1.165, 1.54) is 0 Å². The van der Waals surface area contributed by atoms with Gasteiger partial charge in [-0.3, -0.25) is 0 Å². The van der Waals surface area contributed by atoms with E-state index in [1.807, 2.05) is 0 Å². The summed E-state index contributed by atoms with van der Waals surface area (Å²) in [6.45, 7) is 0. The molecule has 0 aliphatic heterocycles. The van der Waals surface area contributed by atoms with Gasteiger partial charge in [0.2, 0.25) is 0 Å². The van der Waals surface area contributed by atoms with Gasteiger partial charge in [-0.25, -0.2) is 0 Å². The number of rotatable bonds is 0. The molecule has 1 aromatic heterocycles. The van der Waals surface area contributed by atoms with Crippen LogP contribution in [-0.4, -0.2) is 0 Å². The normalized spacial score (nSPS) is 6.67. The average Bonchev–Trinajstić information content (AvgIpc) is 1.76. The molecule has 0 aliphatic rings. The molecule has 0 saturated heterocycles. The van der Waals surface area contributed by atoms with Gasteiger partial charge in [0.05, 0.1) is 0 Å². The Balaban J connectivity index is 0.000000250. The third-order valence-electron chi connectivity index (χ3n) is 0.496. The average molecular weight is 276 g/mol. The van der Waals surface area contributed by atoms with Crippen LogP contribution in [0.4, 0.5) is 0 Å². The standard InChI is InChI=1S/C4H5P.Ir/c1-2-4-5-3-1;/h1-5H;. The molecule has 0 aromatic carbocycles. The van der Waals surface area contributed by atoms with Crippen LogP contribution in [-0.2, 0) is 20.1 Å². The van der Waals surface area contributed by atoms with Crippen LogP contribution in [0.3, 0.4) is 0 Å². The van der Waals surface area contributed by atoms with Crippen molar-refractivity contribution in [3.05, 3.63) is 23.7 Å². The monoisotopic (exact) mass is 277 g/mol. The molecule has 1 heterocycles. The van der Waals surface area contributed by atoms with E-state index >= 15 is 0 Å². The molecule has 1 radical (unpaired) electrons. The van der Waals surface area contributed by atoms with Crippen LogP contribution in [0.2, 0.25) is 0 Å². The summed E-state index contributed by atoms with van der Waals surface area (Å²) in [5.41, 5.74) is 0. The second-order valence-electron chi connectivity index (χ2n) is 0.885. The van der Waals surface area contributed by atoms with E-state index in [-0.39, 0.29) is 20.1 Å². The van der Waals surface area contributed by atoms with E-state index in [0.717, 1.165) is 8.19 Å². The quantitative estimate of drug-likeness (QED) is 0.677. The zero-order valence-corrected chi connectivity index (χ0v) is 6.54. The zero-order valence-electron chi connectivity index (χ0n) is 3.14. The summed E-state index contributed by atoms with van der Waals surface area (Å²) >= 11 is 0. The van der Waals surface area contributed by atoms with Crippen molar-refractivity contribution in [3.63, 3.8) is 0 Å². The van der Waals surface area contributed by atoms with Gasteiger partial charge < -0.3 is 0 Å². The van der Waals surface area contributed by atoms with E-state index < -0.39 is 0 Å². The minimum atomic E-state index is 0. The Hall–Kier alpha value is 0.429. The first kappa shape index (κ1) is 6.43. The molecule has 0 aliphatic carbocycles. The molecular formula is C4H5IrP. The van der Waals surface area contributed by atoms with Gasteiger partial charge in [0, 0.05) is 20.1 Å². The Bertz CT molecular complexity index is 64.0. The molecule has 35 valence electrons. The number of hydrogen-bond donors (Lipinski definition) is 0. The van der Waals surface area contributed by atoms with Gasteiger partial charge in [-0.05, 0) is 11.6 Å². The number of hydrogen-bond acceptors (Lipinski definition) is 0. The molecule has 0 N–H and O–H groups in total. The van der Waals surface area contributed by atoms with Crippen molar-refractivity contribution in [1.82, 2.24) is 0 Å². The second-order valence-corrected chi connectivity index (χ2v) is 1.88. The predicted molar refractivity (Wildman–Crippen MR) is 25.9 cm³/mol. The molecule has 0 amide bonds. The summed E-state index contributed by atoms with van der Waals surface area (Å²) in [5, 5.41) is 0. The van der Waals surface area contributed by atoms with Gasteiger partial charge >= 0.3 is 0 Å². The molecule has 0 bridgehead atoms. The molecule has 1 aromatic rings. The molecule has 0 fully saturated rings. The maximum atomic E-state index is 2.15. The van der Waals surface area contributed by atoms with Gasteiger partial charge in [0.25, 0.3) is 0 Å². The maximum absolute atomic E-state index is 2.15. The molecule has 6 heavy (non-hydrogen) atoms. The fraction of sp³-hybridized carbons (Fsp3) is 0. The van der Waals surface area contributed by atoms with Crippen molar-refractivity contribution in [2.45, 2.75) is 0 Å². The smallest absolute Gasteiger partial charge is 0 e. The summed E-state index contributed by atoms with van der Waals surface area (Å²) in [4.78, 5) is 0. The van der Waals surface area contributed by atoms with Gasteiger partial charge in [0.15, 0.2) is 0 Å². The summed E-state index contributed by atoms with van der Waals surface area (Å²) in [6.07, 6.45) is 0. The van der Waals surface area contributed by atoms with Crippen molar-refractivity contribution < 1.29 is 20.1 Å². The van der Waals surface area contributed by atoms with Crippen molar-refractivity contribution in [3.8, 4) is 0 Å². The van der Waals surface area contributed by atoms with Gasteiger partial charge in [-0.1, -0.05) is 12.1 Å². The van der Waals surface area contributed by atoms with Crippen LogP contribution >= 0.6 is 8.19 Å². The van der Waals surface area contributed by atoms with Crippen LogP contribution in [0.25, 0.3) is 0 Å². The Morgan fingerprint density at radius 3 is 1.67 bits per heavy atom. The predicted octanol–water partition coefficient (Wildman–Crippen LogP) is 1.72. The van der Waals surface area contributed by atoms with Crippen LogP contribution < -0.4 is 0 Å². The summed E-state index contributed by atoms with van der Waals surface area (Å²) < 4.78 is 0. The van der Waals surface area contributed by atoms with Crippen molar-refractivity contribution in [1.29, 1.82) is 0 Å². The third-order valence-corrected chi connectivity index (χ3v) is 1.27. The van der Waals surface area contributed by atoms with Crippen molar-refractivity contribution in [2.75, 3.05) is 0 Å². The molecule has 0 saturated carbocycles. The van der Waals surface area contributed by atoms with Gasteiger partial charge in [-0.15, -0.1) is 8.19 Å². The maximum Gasteiger partial charge on any atom is 0 e. The van der Waals surface area contributed by atoms with E-state index in [9.17, 15) is 0 Å². The van der Waals surface area contributed by atoms with E-state index in [4.69, 9.17) is 0 Å².